The number of rotatable bonds is 4. The first-order valence-corrected chi connectivity index (χ1v) is 6.66. The molecule has 1 aliphatic rings. The zero-order chi connectivity index (χ0) is 12.3. The van der Waals surface area contributed by atoms with Gasteiger partial charge in [-0.1, -0.05) is 13.8 Å². The van der Waals surface area contributed by atoms with E-state index in [1.54, 1.807) is 0 Å². The maximum absolute atomic E-state index is 6.06. The van der Waals surface area contributed by atoms with Crippen molar-refractivity contribution in [1.82, 2.24) is 14.7 Å². The Morgan fingerprint density at radius 2 is 2.29 bits per heavy atom. The molecular weight excluding hydrogens is 212 g/mol. The summed E-state index contributed by atoms with van der Waals surface area (Å²) in [7, 11) is 0. The summed E-state index contributed by atoms with van der Waals surface area (Å²) in [6.07, 6.45) is 6.44. The quantitative estimate of drug-likeness (QED) is 0.861. The van der Waals surface area contributed by atoms with Crippen LogP contribution in [0.1, 0.15) is 32.3 Å². The summed E-state index contributed by atoms with van der Waals surface area (Å²) in [6, 6.07) is 0.337. The number of piperidine rings is 1. The molecule has 1 saturated heterocycles. The largest absolute Gasteiger partial charge is 0.327 e. The van der Waals surface area contributed by atoms with E-state index in [9.17, 15) is 0 Å². The van der Waals surface area contributed by atoms with Gasteiger partial charge in [0.25, 0.3) is 0 Å². The third-order valence-corrected chi connectivity index (χ3v) is 3.31. The molecule has 2 atom stereocenters. The molecule has 0 saturated carbocycles. The van der Waals surface area contributed by atoms with Gasteiger partial charge in [-0.3, -0.25) is 9.58 Å². The molecule has 4 nitrogen and oxygen atoms in total. The molecule has 1 aromatic rings. The minimum absolute atomic E-state index is 0.337. The normalized spacial score (nSPS) is 26.3. The zero-order valence-electron chi connectivity index (χ0n) is 11.0. The Morgan fingerprint density at radius 3 is 3.00 bits per heavy atom. The van der Waals surface area contributed by atoms with E-state index in [0.717, 1.165) is 39.0 Å². The molecule has 2 unspecified atom stereocenters. The summed E-state index contributed by atoms with van der Waals surface area (Å²) >= 11 is 0. The minimum Gasteiger partial charge on any atom is -0.327 e. The first-order chi connectivity index (χ1) is 8.17. The lowest BCUT2D eigenvalue weighted by molar-refractivity contribution is 0.158. The molecule has 17 heavy (non-hydrogen) atoms. The molecule has 1 aromatic heterocycles. The average Bonchev–Trinajstić information content (AvgIpc) is 2.64. The standard InChI is InChI=1S/C13H24N4/c1-3-4-17-9-12(6-15-17)8-16-7-11(2)5-13(14)10-16/h6,9,11,13H,3-5,7-8,10,14H2,1-2H3. The van der Waals surface area contributed by atoms with Crippen LogP contribution in [0.15, 0.2) is 12.4 Å². The topological polar surface area (TPSA) is 47.1 Å². The van der Waals surface area contributed by atoms with Crippen molar-refractivity contribution in [2.75, 3.05) is 13.1 Å². The number of aryl methyl sites for hydroxylation is 1. The van der Waals surface area contributed by atoms with E-state index in [1.165, 1.54) is 5.56 Å². The Balaban J connectivity index is 1.90. The second-order valence-electron chi connectivity index (χ2n) is 5.41. The van der Waals surface area contributed by atoms with Gasteiger partial charge in [-0.25, -0.2) is 0 Å². The lowest BCUT2D eigenvalue weighted by Gasteiger charge is -2.34. The van der Waals surface area contributed by atoms with Crippen molar-refractivity contribution in [3.63, 3.8) is 0 Å². The number of hydrogen-bond acceptors (Lipinski definition) is 3. The van der Waals surface area contributed by atoms with Crippen LogP contribution < -0.4 is 5.73 Å². The Bertz CT molecular complexity index is 337. The lowest BCUT2D eigenvalue weighted by Crippen LogP contribution is -2.45. The first kappa shape index (κ1) is 12.6. The number of hydrogen-bond donors (Lipinski definition) is 1. The third kappa shape index (κ3) is 3.54. The van der Waals surface area contributed by atoms with E-state index in [2.05, 4.69) is 30.0 Å². The summed E-state index contributed by atoms with van der Waals surface area (Å²) in [5, 5.41) is 4.37. The lowest BCUT2D eigenvalue weighted by atomic mass is 9.96. The van der Waals surface area contributed by atoms with Crippen molar-refractivity contribution in [1.29, 1.82) is 0 Å². The maximum Gasteiger partial charge on any atom is 0.0534 e. The van der Waals surface area contributed by atoms with Crippen molar-refractivity contribution in [2.45, 2.75) is 45.8 Å². The van der Waals surface area contributed by atoms with Crippen LogP contribution in [0.2, 0.25) is 0 Å². The van der Waals surface area contributed by atoms with Crippen LogP contribution in [0.5, 0.6) is 0 Å². The molecule has 96 valence electrons. The molecule has 2 heterocycles. The highest BCUT2D eigenvalue weighted by molar-refractivity contribution is 5.04. The fraction of sp³-hybridized carbons (Fsp3) is 0.769. The van der Waals surface area contributed by atoms with E-state index < -0.39 is 0 Å². The maximum atomic E-state index is 6.06. The van der Waals surface area contributed by atoms with Crippen LogP contribution in [0.25, 0.3) is 0 Å². The van der Waals surface area contributed by atoms with Gasteiger partial charge < -0.3 is 5.73 Å². The smallest absolute Gasteiger partial charge is 0.0534 e. The van der Waals surface area contributed by atoms with Crippen molar-refractivity contribution >= 4 is 0 Å². The first-order valence-electron chi connectivity index (χ1n) is 6.66. The van der Waals surface area contributed by atoms with Crippen LogP contribution in [0, 0.1) is 5.92 Å². The molecule has 0 bridgehead atoms. The van der Waals surface area contributed by atoms with E-state index >= 15 is 0 Å². The summed E-state index contributed by atoms with van der Waals surface area (Å²) in [5.74, 6) is 0.712. The van der Waals surface area contributed by atoms with Crippen molar-refractivity contribution in [3.05, 3.63) is 18.0 Å². The van der Waals surface area contributed by atoms with E-state index in [0.29, 0.717) is 12.0 Å². The van der Waals surface area contributed by atoms with Gasteiger partial charge in [0.1, 0.15) is 0 Å². The summed E-state index contributed by atoms with van der Waals surface area (Å²) in [6.45, 7) is 8.63. The van der Waals surface area contributed by atoms with Gasteiger partial charge >= 0.3 is 0 Å². The fourth-order valence-corrected chi connectivity index (χ4v) is 2.74. The Morgan fingerprint density at radius 1 is 1.47 bits per heavy atom. The molecule has 1 fully saturated rings. The van der Waals surface area contributed by atoms with Crippen LogP contribution in [0.4, 0.5) is 0 Å². The molecule has 0 radical (unpaired) electrons. The second kappa shape index (κ2) is 5.65. The summed E-state index contributed by atoms with van der Waals surface area (Å²) in [4.78, 5) is 2.45. The molecule has 4 heteroatoms. The van der Waals surface area contributed by atoms with E-state index in [1.807, 2.05) is 10.9 Å². The monoisotopic (exact) mass is 236 g/mol. The average molecular weight is 236 g/mol. The molecule has 2 N–H and O–H groups in total. The molecule has 0 aliphatic carbocycles. The SMILES string of the molecule is CCCn1cc(CN2CC(C)CC(N)C2)cn1. The molecule has 1 aliphatic heterocycles. The molecule has 0 spiro atoms. The predicted molar refractivity (Wildman–Crippen MR) is 69.6 cm³/mol. The third-order valence-electron chi connectivity index (χ3n) is 3.31. The highest BCUT2D eigenvalue weighted by atomic mass is 15.3. The molecule has 0 aromatic carbocycles. The number of likely N-dealkylation sites (tertiary alicyclic amines) is 1. The highest BCUT2D eigenvalue weighted by Gasteiger charge is 2.22. The van der Waals surface area contributed by atoms with Gasteiger partial charge in [-0.05, 0) is 18.8 Å². The van der Waals surface area contributed by atoms with Gasteiger partial charge in [0.2, 0.25) is 0 Å². The number of aromatic nitrogens is 2. The fourth-order valence-electron chi connectivity index (χ4n) is 2.74. The van der Waals surface area contributed by atoms with Gasteiger partial charge in [0.05, 0.1) is 6.20 Å². The summed E-state index contributed by atoms with van der Waals surface area (Å²) in [5.41, 5.74) is 7.36. The van der Waals surface area contributed by atoms with Crippen molar-refractivity contribution in [2.24, 2.45) is 11.7 Å². The van der Waals surface area contributed by atoms with Crippen molar-refractivity contribution < 1.29 is 0 Å². The van der Waals surface area contributed by atoms with Crippen molar-refractivity contribution in [3.8, 4) is 0 Å². The molecule has 2 rings (SSSR count). The van der Waals surface area contributed by atoms with E-state index in [4.69, 9.17) is 5.73 Å². The number of nitrogens with two attached hydrogens (primary N) is 1. The van der Waals surface area contributed by atoms with Crippen LogP contribution >= 0.6 is 0 Å². The highest BCUT2D eigenvalue weighted by Crippen LogP contribution is 2.17. The van der Waals surface area contributed by atoms with Gasteiger partial charge in [-0.2, -0.15) is 5.10 Å². The van der Waals surface area contributed by atoms with E-state index in [-0.39, 0.29) is 0 Å². The zero-order valence-corrected chi connectivity index (χ0v) is 11.0. The Labute approximate surface area is 104 Å². The van der Waals surface area contributed by atoms with Crippen LogP contribution in [-0.2, 0) is 13.1 Å². The second-order valence-corrected chi connectivity index (χ2v) is 5.41. The Kier molecular flexibility index (Phi) is 4.18. The Hall–Kier alpha value is -0.870. The number of nitrogens with zero attached hydrogens (tertiary/aromatic N) is 3. The van der Waals surface area contributed by atoms with Crippen LogP contribution in [-0.4, -0.2) is 33.8 Å². The van der Waals surface area contributed by atoms with Gasteiger partial charge in [0.15, 0.2) is 0 Å². The predicted octanol–water partition coefficient (Wildman–Crippen LogP) is 1.46. The van der Waals surface area contributed by atoms with Gasteiger partial charge in [0, 0.05) is 44.0 Å². The molecule has 0 amide bonds. The van der Waals surface area contributed by atoms with Gasteiger partial charge in [-0.15, -0.1) is 0 Å². The van der Waals surface area contributed by atoms with Crippen LogP contribution in [0.3, 0.4) is 0 Å². The molecular formula is C13H24N4. The minimum atomic E-state index is 0.337. The summed E-state index contributed by atoms with van der Waals surface area (Å²) < 4.78 is 2.03.